The molecule has 0 spiro atoms. The quantitative estimate of drug-likeness (QED) is 0.814. The average Bonchev–Trinajstić information content (AvgIpc) is 2.15. The Kier molecular flexibility index (Phi) is 3.30. The number of aromatic amines is 1. The highest BCUT2D eigenvalue weighted by atomic mass is 35.7. The van der Waals surface area contributed by atoms with Gasteiger partial charge in [0.1, 0.15) is 16.7 Å². The topological polar surface area (TPSA) is 90.8 Å². The molecule has 1 N–H and O–H groups in total. The minimum atomic E-state index is -4.38. The summed E-state index contributed by atoms with van der Waals surface area (Å²) < 4.78 is 46.3. The maximum atomic E-state index is 12.3. The van der Waals surface area contributed by atoms with Crippen molar-refractivity contribution in [2.75, 3.05) is 0 Å². The lowest BCUT2D eigenvalue weighted by Crippen LogP contribution is -2.17. The van der Waals surface area contributed by atoms with Crippen LogP contribution < -0.4 is 5.56 Å². The standard InChI is InChI=1S/C7H3ClF2N2O3S/c8-16(14,15)4-1-3(2-11)5(6(9)10)12-7(4)13/h1,6H,(H,12,13). The lowest BCUT2D eigenvalue weighted by atomic mass is 10.2. The van der Waals surface area contributed by atoms with E-state index in [9.17, 15) is 22.0 Å². The summed E-state index contributed by atoms with van der Waals surface area (Å²) in [5, 5.41) is 8.51. The molecular formula is C7H3ClF2N2O3S. The van der Waals surface area contributed by atoms with Crippen molar-refractivity contribution in [1.29, 1.82) is 5.26 Å². The van der Waals surface area contributed by atoms with Crippen molar-refractivity contribution in [3.05, 3.63) is 27.7 Å². The highest BCUT2D eigenvalue weighted by molar-refractivity contribution is 8.13. The van der Waals surface area contributed by atoms with Gasteiger partial charge in [-0.3, -0.25) is 4.79 Å². The van der Waals surface area contributed by atoms with E-state index in [1.807, 2.05) is 0 Å². The van der Waals surface area contributed by atoms with Crippen LogP contribution in [0, 0.1) is 11.3 Å². The molecule has 0 aliphatic rings. The van der Waals surface area contributed by atoms with Gasteiger partial charge < -0.3 is 4.98 Å². The Morgan fingerprint density at radius 3 is 2.44 bits per heavy atom. The average molecular weight is 269 g/mol. The van der Waals surface area contributed by atoms with Gasteiger partial charge >= 0.3 is 0 Å². The van der Waals surface area contributed by atoms with Gasteiger partial charge in [-0.2, -0.15) is 5.26 Å². The van der Waals surface area contributed by atoms with Crippen LogP contribution in [0.1, 0.15) is 17.7 Å². The molecule has 0 fully saturated rings. The van der Waals surface area contributed by atoms with Crippen LogP contribution in [-0.4, -0.2) is 13.4 Å². The normalized spacial score (nSPS) is 11.4. The number of pyridine rings is 1. The highest BCUT2D eigenvalue weighted by Crippen LogP contribution is 2.21. The van der Waals surface area contributed by atoms with Gasteiger partial charge in [-0.15, -0.1) is 0 Å². The molecule has 1 aromatic heterocycles. The third kappa shape index (κ3) is 2.37. The van der Waals surface area contributed by atoms with E-state index >= 15 is 0 Å². The van der Waals surface area contributed by atoms with Crippen LogP contribution in [0.25, 0.3) is 0 Å². The lowest BCUT2D eigenvalue weighted by Gasteiger charge is -2.03. The Bertz CT molecular complexity index is 617. The molecule has 0 radical (unpaired) electrons. The van der Waals surface area contributed by atoms with E-state index in [-0.39, 0.29) is 0 Å². The zero-order valence-corrected chi connectivity index (χ0v) is 8.94. The molecule has 0 saturated carbocycles. The second kappa shape index (κ2) is 4.19. The Labute approximate surface area is 92.7 Å². The first kappa shape index (κ1) is 12.6. The van der Waals surface area contributed by atoms with Gasteiger partial charge in [0.2, 0.25) is 0 Å². The zero-order chi connectivity index (χ0) is 12.5. The van der Waals surface area contributed by atoms with E-state index in [0.717, 1.165) is 0 Å². The summed E-state index contributed by atoms with van der Waals surface area (Å²) >= 11 is 0. The first-order valence-corrected chi connectivity index (χ1v) is 5.98. The van der Waals surface area contributed by atoms with Gasteiger partial charge in [0.25, 0.3) is 21.0 Å². The fraction of sp³-hybridized carbons (Fsp3) is 0.143. The summed E-state index contributed by atoms with van der Waals surface area (Å²) in [6, 6.07) is 1.86. The molecule has 1 rings (SSSR count). The molecule has 0 unspecified atom stereocenters. The van der Waals surface area contributed by atoms with Gasteiger partial charge in [0.05, 0.1) is 5.56 Å². The van der Waals surface area contributed by atoms with Crippen molar-refractivity contribution in [3.63, 3.8) is 0 Å². The predicted molar refractivity (Wildman–Crippen MR) is 49.8 cm³/mol. The van der Waals surface area contributed by atoms with Crippen molar-refractivity contribution >= 4 is 19.7 Å². The fourth-order valence-corrected chi connectivity index (χ4v) is 1.85. The maximum Gasteiger partial charge on any atom is 0.279 e. The van der Waals surface area contributed by atoms with Crippen LogP contribution in [0.5, 0.6) is 0 Å². The monoisotopic (exact) mass is 268 g/mol. The molecule has 0 atom stereocenters. The van der Waals surface area contributed by atoms with E-state index in [1.54, 1.807) is 4.98 Å². The lowest BCUT2D eigenvalue weighted by molar-refractivity contribution is 0.145. The first-order chi connectivity index (χ1) is 7.27. The minimum absolute atomic E-state index is 0.517. The number of rotatable bonds is 2. The third-order valence-corrected chi connectivity index (χ3v) is 2.97. The molecule has 0 aliphatic heterocycles. The Balaban J connectivity index is 3.65. The maximum absolute atomic E-state index is 12.3. The molecule has 86 valence electrons. The van der Waals surface area contributed by atoms with E-state index in [2.05, 4.69) is 0 Å². The second-order valence-electron chi connectivity index (χ2n) is 2.64. The van der Waals surface area contributed by atoms with Crippen molar-refractivity contribution < 1.29 is 17.2 Å². The summed E-state index contributed by atoms with van der Waals surface area (Å²) in [6.45, 7) is 0. The summed E-state index contributed by atoms with van der Waals surface area (Å²) in [4.78, 5) is 11.8. The van der Waals surface area contributed by atoms with Crippen LogP contribution in [0.2, 0.25) is 0 Å². The SMILES string of the molecule is N#Cc1cc(S(=O)(=O)Cl)c(=O)[nH]c1C(F)F. The molecule has 16 heavy (non-hydrogen) atoms. The smallest absolute Gasteiger partial charge is 0.279 e. The number of alkyl halides is 2. The van der Waals surface area contributed by atoms with Crippen molar-refractivity contribution in [2.24, 2.45) is 0 Å². The van der Waals surface area contributed by atoms with Crippen LogP contribution in [0.15, 0.2) is 15.8 Å². The molecule has 0 bridgehead atoms. The van der Waals surface area contributed by atoms with Crippen molar-refractivity contribution in [3.8, 4) is 6.07 Å². The first-order valence-electron chi connectivity index (χ1n) is 3.67. The van der Waals surface area contributed by atoms with Crippen molar-refractivity contribution in [2.45, 2.75) is 11.3 Å². The second-order valence-corrected chi connectivity index (χ2v) is 5.17. The van der Waals surface area contributed by atoms with E-state index in [4.69, 9.17) is 15.9 Å². The summed E-state index contributed by atoms with van der Waals surface area (Å²) in [5.41, 5.74) is -2.87. The highest BCUT2D eigenvalue weighted by Gasteiger charge is 2.21. The summed E-state index contributed by atoms with van der Waals surface area (Å²) in [7, 11) is 0.504. The van der Waals surface area contributed by atoms with Crippen LogP contribution >= 0.6 is 10.7 Å². The molecule has 0 aliphatic carbocycles. The van der Waals surface area contributed by atoms with Gasteiger partial charge in [0, 0.05) is 10.7 Å². The third-order valence-electron chi connectivity index (χ3n) is 1.64. The van der Waals surface area contributed by atoms with E-state index < -0.39 is 37.2 Å². The number of halogens is 3. The number of nitriles is 1. The van der Waals surface area contributed by atoms with Gasteiger partial charge in [-0.1, -0.05) is 0 Å². The van der Waals surface area contributed by atoms with Gasteiger partial charge in [-0.05, 0) is 6.07 Å². The molecule has 0 amide bonds. The van der Waals surface area contributed by atoms with Crippen LogP contribution in [-0.2, 0) is 9.05 Å². The molecule has 1 heterocycles. The fourth-order valence-electron chi connectivity index (χ4n) is 0.971. The minimum Gasteiger partial charge on any atom is -0.319 e. The molecular weight excluding hydrogens is 266 g/mol. The number of H-pyrrole nitrogens is 1. The van der Waals surface area contributed by atoms with Crippen molar-refractivity contribution in [1.82, 2.24) is 4.98 Å². The molecule has 0 saturated heterocycles. The number of nitrogens with one attached hydrogen (secondary N) is 1. The number of aromatic nitrogens is 1. The molecule has 9 heteroatoms. The predicted octanol–water partition coefficient (Wildman–Crippen LogP) is 1.11. The summed E-state index contributed by atoms with van der Waals surface area (Å²) in [5.74, 6) is 0. The Hall–Kier alpha value is -1.46. The molecule has 5 nitrogen and oxygen atoms in total. The van der Waals surface area contributed by atoms with E-state index in [1.165, 1.54) is 6.07 Å². The molecule has 0 aromatic carbocycles. The van der Waals surface area contributed by atoms with Gasteiger partial charge in [-0.25, -0.2) is 17.2 Å². The Morgan fingerprint density at radius 1 is 1.50 bits per heavy atom. The number of hydrogen-bond acceptors (Lipinski definition) is 4. The number of hydrogen-bond donors (Lipinski definition) is 1. The Morgan fingerprint density at radius 2 is 2.06 bits per heavy atom. The van der Waals surface area contributed by atoms with E-state index in [0.29, 0.717) is 6.07 Å². The zero-order valence-electron chi connectivity index (χ0n) is 7.37. The largest absolute Gasteiger partial charge is 0.319 e. The summed E-state index contributed by atoms with van der Waals surface area (Å²) in [6.07, 6.45) is -3.09. The van der Waals surface area contributed by atoms with Crippen LogP contribution in [0.3, 0.4) is 0 Å². The molecule has 1 aromatic rings. The number of nitrogens with zero attached hydrogens (tertiary/aromatic N) is 1. The van der Waals surface area contributed by atoms with Gasteiger partial charge in [0.15, 0.2) is 0 Å². The van der Waals surface area contributed by atoms with Crippen LogP contribution in [0.4, 0.5) is 8.78 Å².